The number of benzene rings is 1. The van der Waals surface area contributed by atoms with Crippen molar-refractivity contribution in [1.82, 2.24) is 0 Å². The number of hydrogen-bond acceptors (Lipinski definition) is 2. The molecular formula is C16H16N3O+. The van der Waals surface area contributed by atoms with Gasteiger partial charge in [-0.2, -0.15) is 9.83 Å². The summed E-state index contributed by atoms with van der Waals surface area (Å²) in [6.07, 6.45) is 1.88. The van der Waals surface area contributed by atoms with E-state index in [4.69, 9.17) is 5.26 Å². The van der Waals surface area contributed by atoms with Crippen molar-refractivity contribution in [3.8, 4) is 6.07 Å². The minimum Gasteiger partial charge on any atom is -0.321 e. The van der Waals surface area contributed by atoms with Gasteiger partial charge in [-0.3, -0.25) is 4.79 Å². The molecule has 0 bridgehead atoms. The summed E-state index contributed by atoms with van der Waals surface area (Å²) in [7, 11) is 0. The van der Waals surface area contributed by atoms with E-state index in [9.17, 15) is 4.79 Å². The van der Waals surface area contributed by atoms with Gasteiger partial charge in [-0.25, -0.2) is 0 Å². The average Bonchev–Trinajstić information content (AvgIpc) is 2.44. The van der Waals surface area contributed by atoms with E-state index in [1.54, 1.807) is 24.3 Å². The van der Waals surface area contributed by atoms with E-state index in [1.807, 2.05) is 36.7 Å². The molecule has 0 spiro atoms. The number of nitriles is 1. The summed E-state index contributed by atoms with van der Waals surface area (Å²) in [6.45, 7) is 4.25. The maximum atomic E-state index is 12.0. The van der Waals surface area contributed by atoms with Crippen LogP contribution in [0.5, 0.6) is 0 Å². The second kappa shape index (κ2) is 5.98. The summed E-state index contributed by atoms with van der Waals surface area (Å²) in [6, 6.07) is 12.9. The zero-order chi connectivity index (χ0) is 14.5. The first-order valence-corrected chi connectivity index (χ1v) is 6.36. The molecule has 0 aliphatic carbocycles. The number of pyridine rings is 1. The van der Waals surface area contributed by atoms with Crippen molar-refractivity contribution in [1.29, 1.82) is 5.26 Å². The van der Waals surface area contributed by atoms with Crippen molar-refractivity contribution in [2.24, 2.45) is 0 Å². The number of hydrogen-bond donors (Lipinski definition) is 1. The number of nitrogens with one attached hydrogen (secondary N) is 1. The largest absolute Gasteiger partial charge is 0.321 e. The monoisotopic (exact) mass is 266 g/mol. The number of rotatable bonds is 3. The first kappa shape index (κ1) is 13.8. The summed E-state index contributed by atoms with van der Waals surface area (Å²) in [5.74, 6) is -0.112. The van der Waals surface area contributed by atoms with Crippen LogP contribution in [0.3, 0.4) is 0 Å². The highest BCUT2D eigenvalue weighted by atomic mass is 16.1. The molecule has 0 aliphatic rings. The molecule has 0 saturated carbocycles. The Morgan fingerprint density at radius 2 is 2.10 bits per heavy atom. The molecule has 4 heteroatoms. The SMILES string of the molecule is Cc1ccc[n+](CC(=O)Nc2cccc(C#N)c2)c1C. The Morgan fingerprint density at radius 3 is 2.85 bits per heavy atom. The fourth-order valence-electron chi connectivity index (χ4n) is 1.94. The van der Waals surface area contributed by atoms with E-state index in [0.717, 1.165) is 11.3 Å². The molecule has 2 rings (SSSR count). The van der Waals surface area contributed by atoms with Crippen LogP contribution in [0.25, 0.3) is 0 Å². The Bertz CT molecular complexity index is 686. The highest BCUT2D eigenvalue weighted by molar-refractivity contribution is 5.89. The highest BCUT2D eigenvalue weighted by Gasteiger charge is 2.13. The van der Waals surface area contributed by atoms with Gasteiger partial charge in [0.1, 0.15) is 0 Å². The van der Waals surface area contributed by atoms with E-state index in [-0.39, 0.29) is 12.5 Å². The van der Waals surface area contributed by atoms with Crippen LogP contribution in [-0.4, -0.2) is 5.91 Å². The number of anilines is 1. The van der Waals surface area contributed by atoms with Gasteiger partial charge < -0.3 is 5.32 Å². The molecule has 4 nitrogen and oxygen atoms in total. The van der Waals surface area contributed by atoms with Crippen molar-refractivity contribution >= 4 is 11.6 Å². The summed E-state index contributed by atoms with van der Waals surface area (Å²) in [5.41, 5.74) is 3.38. The standard InChI is InChI=1S/C16H15N3O/c1-12-5-4-8-19(13(12)2)11-16(20)18-15-7-3-6-14(9-15)10-17/h3-9H,11H2,1-2H3/p+1. The number of carbonyl (C=O) groups excluding carboxylic acids is 1. The van der Waals surface area contributed by atoms with E-state index in [1.165, 1.54) is 0 Å². The van der Waals surface area contributed by atoms with E-state index in [0.29, 0.717) is 11.3 Å². The van der Waals surface area contributed by atoms with Crippen molar-refractivity contribution in [3.05, 3.63) is 59.4 Å². The molecule has 0 saturated heterocycles. The van der Waals surface area contributed by atoms with E-state index in [2.05, 4.69) is 11.4 Å². The Hall–Kier alpha value is -2.67. The molecule has 1 N–H and O–H groups in total. The lowest BCUT2D eigenvalue weighted by Crippen LogP contribution is -2.43. The van der Waals surface area contributed by atoms with E-state index >= 15 is 0 Å². The van der Waals surface area contributed by atoms with Gasteiger partial charge in [0.2, 0.25) is 6.54 Å². The molecule has 0 unspecified atom stereocenters. The number of aryl methyl sites for hydroxylation is 1. The second-order valence-electron chi connectivity index (χ2n) is 4.65. The number of amides is 1. The van der Waals surface area contributed by atoms with Gasteiger partial charge in [0.05, 0.1) is 11.6 Å². The minimum atomic E-state index is -0.112. The molecule has 1 aromatic carbocycles. The smallest absolute Gasteiger partial charge is 0.290 e. The molecule has 0 atom stereocenters. The Morgan fingerprint density at radius 1 is 1.30 bits per heavy atom. The minimum absolute atomic E-state index is 0.112. The van der Waals surface area contributed by atoms with Crippen molar-refractivity contribution in [2.45, 2.75) is 20.4 Å². The molecular weight excluding hydrogens is 250 g/mol. The third-order valence-electron chi connectivity index (χ3n) is 3.20. The molecule has 0 aliphatic heterocycles. The summed E-state index contributed by atoms with van der Waals surface area (Å²) in [4.78, 5) is 12.0. The van der Waals surface area contributed by atoms with Gasteiger partial charge in [-0.05, 0) is 31.2 Å². The van der Waals surface area contributed by atoms with Gasteiger partial charge in [-0.1, -0.05) is 6.07 Å². The molecule has 0 fully saturated rings. The van der Waals surface area contributed by atoms with E-state index < -0.39 is 0 Å². The molecule has 20 heavy (non-hydrogen) atoms. The summed E-state index contributed by atoms with van der Waals surface area (Å²) in [5, 5.41) is 11.6. The van der Waals surface area contributed by atoms with Crippen LogP contribution in [0.15, 0.2) is 42.6 Å². The fraction of sp³-hybridized carbons (Fsp3) is 0.188. The highest BCUT2D eigenvalue weighted by Crippen LogP contribution is 2.09. The normalized spacial score (nSPS) is 9.85. The topological polar surface area (TPSA) is 56.8 Å². The molecule has 2 aromatic rings. The predicted octanol–water partition coefficient (Wildman–Crippen LogP) is 2.10. The van der Waals surface area contributed by atoms with Gasteiger partial charge in [0.25, 0.3) is 5.91 Å². The van der Waals surface area contributed by atoms with Gasteiger partial charge in [0, 0.05) is 24.2 Å². The van der Waals surface area contributed by atoms with Crippen LogP contribution < -0.4 is 9.88 Å². The number of carbonyl (C=O) groups is 1. The average molecular weight is 266 g/mol. The first-order chi connectivity index (χ1) is 9.60. The van der Waals surface area contributed by atoms with Crippen LogP contribution in [0, 0.1) is 25.2 Å². The molecule has 1 aromatic heterocycles. The summed E-state index contributed by atoms with van der Waals surface area (Å²) >= 11 is 0. The molecule has 1 heterocycles. The maximum absolute atomic E-state index is 12.0. The summed E-state index contributed by atoms with van der Waals surface area (Å²) < 4.78 is 1.90. The predicted molar refractivity (Wildman–Crippen MR) is 75.9 cm³/mol. The maximum Gasteiger partial charge on any atom is 0.290 e. The number of nitrogens with zero attached hydrogens (tertiary/aromatic N) is 2. The van der Waals surface area contributed by atoms with Crippen molar-refractivity contribution in [3.63, 3.8) is 0 Å². The van der Waals surface area contributed by atoms with Gasteiger partial charge in [-0.15, -0.1) is 0 Å². The molecule has 100 valence electrons. The van der Waals surface area contributed by atoms with Gasteiger partial charge in [0.15, 0.2) is 11.9 Å². The third kappa shape index (κ3) is 3.21. The third-order valence-corrected chi connectivity index (χ3v) is 3.20. The van der Waals surface area contributed by atoms with Crippen LogP contribution in [-0.2, 0) is 11.3 Å². The zero-order valence-electron chi connectivity index (χ0n) is 11.6. The Kier molecular flexibility index (Phi) is 4.11. The zero-order valence-corrected chi connectivity index (χ0v) is 11.6. The number of aromatic nitrogens is 1. The van der Waals surface area contributed by atoms with Gasteiger partial charge >= 0.3 is 0 Å². The Labute approximate surface area is 118 Å². The first-order valence-electron chi connectivity index (χ1n) is 6.36. The second-order valence-corrected chi connectivity index (χ2v) is 4.65. The van der Waals surface area contributed by atoms with Crippen LogP contribution in [0.2, 0.25) is 0 Å². The lowest BCUT2D eigenvalue weighted by molar-refractivity contribution is -0.690. The molecule has 1 amide bonds. The van der Waals surface area contributed by atoms with Crippen molar-refractivity contribution in [2.75, 3.05) is 5.32 Å². The van der Waals surface area contributed by atoms with Crippen molar-refractivity contribution < 1.29 is 9.36 Å². The Balaban J connectivity index is 2.09. The fourth-order valence-corrected chi connectivity index (χ4v) is 1.94. The lowest BCUT2D eigenvalue weighted by Gasteiger charge is -2.05. The van der Waals surface area contributed by atoms with Crippen LogP contribution >= 0.6 is 0 Å². The quantitative estimate of drug-likeness (QED) is 0.865. The van der Waals surface area contributed by atoms with Crippen LogP contribution in [0.4, 0.5) is 5.69 Å². The van der Waals surface area contributed by atoms with Crippen LogP contribution in [0.1, 0.15) is 16.8 Å². The lowest BCUT2D eigenvalue weighted by atomic mass is 10.2. The molecule has 0 radical (unpaired) electrons.